The molecule has 1 aliphatic rings. The average Bonchev–Trinajstić information content (AvgIpc) is 3.21. The third-order valence-corrected chi connectivity index (χ3v) is 10.5. The van der Waals surface area contributed by atoms with E-state index in [1.54, 1.807) is 12.4 Å². The van der Waals surface area contributed by atoms with Gasteiger partial charge < -0.3 is 19.6 Å². The molecule has 3 heterocycles. The van der Waals surface area contributed by atoms with Gasteiger partial charge in [-0.25, -0.2) is 4.98 Å². The summed E-state index contributed by atoms with van der Waals surface area (Å²) in [6, 6.07) is 0. The first-order chi connectivity index (χ1) is 13.5. The van der Waals surface area contributed by atoms with Crippen LogP contribution >= 0.6 is 11.6 Å². The Balaban J connectivity index is 1.81. The second-order valence-electron chi connectivity index (χ2n) is 8.79. The van der Waals surface area contributed by atoms with Crippen LogP contribution in [0, 0.1) is 0 Å². The first-order valence-corrected chi connectivity index (χ1v) is 13.0. The van der Waals surface area contributed by atoms with Crippen molar-refractivity contribution in [3.63, 3.8) is 0 Å². The van der Waals surface area contributed by atoms with E-state index in [1.807, 2.05) is 4.57 Å². The van der Waals surface area contributed by atoms with Gasteiger partial charge in [-0.2, -0.15) is 9.97 Å². The largest absolute Gasteiger partial charge is 0.414 e. The Morgan fingerprint density at radius 3 is 2.79 bits per heavy atom. The van der Waals surface area contributed by atoms with Gasteiger partial charge in [0.1, 0.15) is 17.8 Å². The van der Waals surface area contributed by atoms with Crippen LogP contribution in [0.4, 0.5) is 5.95 Å². The van der Waals surface area contributed by atoms with Crippen molar-refractivity contribution in [2.24, 2.45) is 0 Å². The van der Waals surface area contributed by atoms with E-state index in [1.165, 1.54) is 0 Å². The summed E-state index contributed by atoms with van der Waals surface area (Å²) in [7, 11) is -1.91. The molecule has 10 heteroatoms. The first kappa shape index (κ1) is 22.2. The highest BCUT2D eigenvalue weighted by atomic mass is 35.5. The number of rotatable bonds is 7. The third-order valence-electron chi connectivity index (χ3n) is 5.73. The van der Waals surface area contributed by atoms with Crippen LogP contribution < -0.4 is 5.73 Å². The van der Waals surface area contributed by atoms with Crippen LogP contribution in [0.25, 0.3) is 11.2 Å². The van der Waals surface area contributed by atoms with Gasteiger partial charge in [0.2, 0.25) is 5.95 Å². The molecule has 2 N–H and O–H groups in total. The van der Waals surface area contributed by atoms with Gasteiger partial charge in [0.15, 0.2) is 19.1 Å². The number of nitrogens with two attached hydrogens (primary N) is 1. The SMILES string of the molecule is C=CCO[C@H]1C[C@H](n2cnc3c(Cl)nc(N)nc32)O[C@@H]1CO[Si](C)(C)C(C)(C)C. The van der Waals surface area contributed by atoms with E-state index >= 15 is 0 Å². The lowest BCUT2D eigenvalue weighted by Crippen LogP contribution is -2.44. The Kier molecular flexibility index (Phi) is 6.35. The highest BCUT2D eigenvalue weighted by Gasteiger charge is 2.42. The number of hydrogen-bond acceptors (Lipinski definition) is 7. The number of fused-ring (bicyclic) bond motifs is 1. The summed E-state index contributed by atoms with van der Waals surface area (Å²) >= 11 is 6.15. The smallest absolute Gasteiger partial charge is 0.223 e. The standard InChI is InChI=1S/C19H30ClN5O3Si/c1-7-8-26-12-9-14(28-13(12)10-27-29(5,6)19(2,3)4)25-11-22-15-16(20)23-18(21)24-17(15)25/h7,11-14H,1,8-10H2,2-6H3,(H2,21,23,24)/t12-,13+,14+/m0/s1. The van der Waals surface area contributed by atoms with Gasteiger partial charge in [0, 0.05) is 6.42 Å². The number of nitrogens with zero attached hydrogens (tertiary/aromatic N) is 4. The van der Waals surface area contributed by atoms with Crippen molar-refractivity contribution < 1.29 is 13.9 Å². The van der Waals surface area contributed by atoms with Gasteiger partial charge >= 0.3 is 0 Å². The molecule has 1 saturated heterocycles. The van der Waals surface area contributed by atoms with Crippen molar-refractivity contribution in [3.8, 4) is 0 Å². The van der Waals surface area contributed by atoms with Gasteiger partial charge in [0.25, 0.3) is 0 Å². The number of imidazole rings is 1. The minimum Gasteiger partial charge on any atom is -0.414 e. The summed E-state index contributed by atoms with van der Waals surface area (Å²) in [4.78, 5) is 12.6. The molecule has 0 aliphatic carbocycles. The molecule has 0 spiro atoms. The Labute approximate surface area is 177 Å². The predicted molar refractivity (Wildman–Crippen MR) is 116 cm³/mol. The maximum atomic E-state index is 6.40. The number of ether oxygens (including phenoxy) is 2. The summed E-state index contributed by atoms with van der Waals surface area (Å²) < 4.78 is 20.5. The van der Waals surface area contributed by atoms with E-state index in [-0.39, 0.29) is 34.6 Å². The molecular weight excluding hydrogens is 410 g/mol. The van der Waals surface area contributed by atoms with Crippen LogP contribution in [0.5, 0.6) is 0 Å². The highest BCUT2D eigenvalue weighted by Crippen LogP contribution is 2.38. The van der Waals surface area contributed by atoms with Crippen LogP contribution in [0.15, 0.2) is 19.0 Å². The molecule has 3 rings (SSSR count). The van der Waals surface area contributed by atoms with Crippen molar-refractivity contribution in [2.75, 3.05) is 18.9 Å². The molecular formula is C19H30ClN5O3Si. The van der Waals surface area contributed by atoms with Crippen molar-refractivity contribution >= 4 is 37.0 Å². The highest BCUT2D eigenvalue weighted by molar-refractivity contribution is 6.74. The molecule has 8 nitrogen and oxygen atoms in total. The number of hydrogen-bond donors (Lipinski definition) is 1. The fourth-order valence-corrected chi connectivity index (χ4v) is 4.24. The van der Waals surface area contributed by atoms with Crippen LogP contribution in [-0.4, -0.2) is 53.3 Å². The zero-order valence-electron chi connectivity index (χ0n) is 17.7. The van der Waals surface area contributed by atoms with Crippen molar-refractivity contribution in [2.45, 2.75) is 63.8 Å². The summed E-state index contributed by atoms with van der Waals surface area (Å²) in [5, 5.41) is 0.343. The molecule has 3 atom stereocenters. The summed E-state index contributed by atoms with van der Waals surface area (Å²) in [5.41, 5.74) is 6.81. The monoisotopic (exact) mass is 439 g/mol. The molecule has 0 aromatic carbocycles. The molecule has 0 radical (unpaired) electrons. The van der Waals surface area contributed by atoms with E-state index in [0.29, 0.717) is 30.8 Å². The quantitative estimate of drug-likeness (QED) is 0.396. The molecule has 160 valence electrons. The Morgan fingerprint density at radius 2 is 2.14 bits per heavy atom. The molecule has 0 bridgehead atoms. The maximum absolute atomic E-state index is 6.40. The van der Waals surface area contributed by atoms with Gasteiger partial charge in [-0.1, -0.05) is 38.4 Å². The minimum atomic E-state index is -1.91. The lowest BCUT2D eigenvalue weighted by Gasteiger charge is -2.37. The topological polar surface area (TPSA) is 97.3 Å². The van der Waals surface area contributed by atoms with E-state index in [9.17, 15) is 0 Å². The Bertz CT molecular complexity index is 883. The van der Waals surface area contributed by atoms with Gasteiger partial charge in [-0.3, -0.25) is 4.57 Å². The predicted octanol–water partition coefficient (Wildman–Crippen LogP) is 3.94. The molecule has 29 heavy (non-hydrogen) atoms. The van der Waals surface area contributed by atoms with Crippen molar-refractivity contribution in [1.29, 1.82) is 0 Å². The van der Waals surface area contributed by atoms with Gasteiger partial charge in [-0.15, -0.1) is 6.58 Å². The second kappa shape index (κ2) is 8.31. The third kappa shape index (κ3) is 4.64. The van der Waals surface area contributed by atoms with Crippen LogP contribution in [0.2, 0.25) is 23.3 Å². The summed E-state index contributed by atoms with van der Waals surface area (Å²) in [6.45, 7) is 15.8. The average molecular weight is 440 g/mol. The normalized spacial score (nSPS) is 23.0. The van der Waals surface area contributed by atoms with Gasteiger partial charge in [0.05, 0.1) is 25.6 Å². The molecule has 1 aliphatic heterocycles. The number of halogens is 1. The summed E-state index contributed by atoms with van der Waals surface area (Å²) in [6.07, 6.45) is 3.37. The van der Waals surface area contributed by atoms with Crippen molar-refractivity contribution in [3.05, 3.63) is 24.1 Å². The molecule has 0 amide bonds. The molecule has 2 aromatic rings. The van der Waals surface area contributed by atoms with E-state index in [2.05, 4.69) is 55.4 Å². The second-order valence-corrected chi connectivity index (χ2v) is 14.0. The van der Waals surface area contributed by atoms with E-state index < -0.39 is 8.32 Å². The molecule has 1 fully saturated rings. The Hall–Kier alpha value is -1.52. The molecule has 0 saturated carbocycles. The lowest BCUT2D eigenvalue weighted by molar-refractivity contribution is -0.0536. The summed E-state index contributed by atoms with van der Waals surface area (Å²) in [5.74, 6) is 0.0968. The Morgan fingerprint density at radius 1 is 1.41 bits per heavy atom. The zero-order valence-corrected chi connectivity index (χ0v) is 19.4. The lowest BCUT2D eigenvalue weighted by atomic mass is 10.2. The fraction of sp³-hybridized carbons (Fsp3) is 0.632. The number of nitrogen functional groups attached to an aromatic ring is 1. The minimum absolute atomic E-state index is 0.0968. The number of aromatic nitrogens is 4. The van der Waals surface area contributed by atoms with Crippen LogP contribution in [-0.2, 0) is 13.9 Å². The fourth-order valence-electron chi connectivity index (χ4n) is 3.00. The zero-order chi connectivity index (χ0) is 21.4. The van der Waals surface area contributed by atoms with E-state index in [0.717, 1.165) is 0 Å². The van der Waals surface area contributed by atoms with Crippen molar-refractivity contribution in [1.82, 2.24) is 19.5 Å². The first-order valence-electron chi connectivity index (χ1n) is 9.71. The van der Waals surface area contributed by atoms with E-state index in [4.69, 9.17) is 31.2 Å². The number of anilines is 1. The molecule has 0 unspecified atom stereocenters. The van der Waals surface area contributed by atoms with Crippen LogP contribution in [0.1, 0.15) is 33.4 Å². The van der Waals surface area contributed by atoms with Crippen LogP contribution in [0.3, 0.4) is 0 Å². The van der Waals surface area contributed by atoms with Gasteiger partial charge in [-0.05, 0) is 18.1 Å². The molecule has 2 aromatic heterocycles. The maximum Gasteiger partial charge on any atom is 0.223 e.